The Bertz CT molecular complexity index is 833. The number of halogens is 2. The first-order chi connectivity index (χ1) is 12.0. The molecular weight excluding hydrogens is 454 g/mol. The van der Waals surface area contributed by atoms with Crippen LogP contribution in [0.3, 0.4) is 0 Å². The molecule has 0 aliphatic heterocycles. The molecule has 2 aromatic rings. The number of hydrogen-bond acceptors (Lipinski definition) is 6. The van der Waals surface area contributed by atoms with Gasteiger partial charge in [0.2, 0.25) is 0 Å². The Morgan fingerprint density at radius 1 is 0.778 bits per heavy atom. The van der Waals surface area contributed by atoms with Crippen LogP contribution in [0.5, 0.6) is 0 Å². The van der Waals surface area contributed by atoms with Gasteiger partial charge in [0.15, 0.2) is 0 Å². The molecule has 2 rings (SSSR count). The molecule has 2 aromatic carbocycles. The number of hydrogen-bond donors (Lipinski definition) is 2. The maximum Gasteiger partial charge on any atom is 0.337 e. The van der Waals surface area contributed by atoms with Gasteiger partial charge in [0.25, 0.3) is 11.4 Å². The van der Waals surface area contributed by atoms with Gasteiger partial charge in [-0.05, 0) is 12.1 Å². The molecule has 0 amide bonds. The van der Waals surface area contributed by atoms with Gasteiger partial charge < -0.3 is 10.2 Å². The fraction of sp³-hybridized carbons (Fsp3) is 0. The number of non-ortho nitro benzene ring substituents is 2. The Kier molecular flexibility index (Phi) is 9.35. The van der Waals surface area contributed by atoms with Crippen molar-refractivity contribution >= 4 is 46.5 Å². The van der Waals surface area contributed by atoms with E-state index in [0.29, 0.717) is 0 Å². The molecule has 0 aromatic heterocycles. The summed E-state index contributed by atoms with van der Waals surface area (Å²) in [4.78, 5) is 40.1. The number of carbonyl (C=O) groups is 2. The maximum atomic E-state index is 10.4. The monoisotopic (exact) mass is 460 g/mol. The van der Waals surface area contributed by atoms with Crippen molar-refractivity contribution < 1.29 is 46.1 Å². The molecular formula is C14H8Cl2N2NiO8. The Morgan fingerprint density at radius 3 is 1.26 bits per heavy atom. The average molecular weight is 462 g/mol. The Labute approximate surface area is 170 Å². The minimum absolute atomic E-state index is 0. The van der Waals surface area contributed by atoms with Crippen LogP contribution in [0.15, 0.2) is 36.4 Å². The second-order valence-electron chi connectivity index (χ2n) is 4.45. The van der Waals surface area contributed by atoms with Crippen LogP contribution in [0.25, 0.3) is 0 Å². The predicted octanol–water partition coefficient (Wildman–Crippen LogP) is 3.89. The molecule has 2 N–H and O–H groups in total. The van der Waals surface area contributed by atoms with Crippen LogP contribution in [-0.4, -0.2) is 32.0 Å². The fourth-order valence-electron chi connectivity index (χ4n) is 1.58. The molecule has 0 fully saturated rings. The molecule has 0 atom stereocenters. The summed E-state index contributed by atoms with van der Waals surface area (Å²) in [5, 5.41) is 37.3. The van der Waals surface area contributed by atoms with E-state index in [9.17, 15) is 29.8 Å². The van der Waals surface area contributed by atoms with E-state index in [2.05, 4.69) is 0 Å². The maximum absolute atomic E-state index is 10.4. The number of nitro benzene ring substituents is 2. The number of carboxylic acids is 2. The van der Waals surface area contributed by atoms with E-state index in [1.165, 1.54) is 0 Å². The van der Waals surface area contributed by atoms with Crippen molar-refractivity contribution in [2.45, 2.75) is 0 Å². The van der Waals surface area contributed by atoms with E-state index < -0.39 is 21.8 Å². The first-order valence-electron chi connectivity index (χ1n) is 6.39. The first-order valence-corrected chi connectivity index (χ1v) is 7.14. The van der Waals surface area contributed by atoms with Crippen LogP contribution >= 0.6 is 23.2 Å². The summed E-state index contributed by atoms with van der Waals surface area (Å²) in [5.74, 6) is -2.42. The SMILES string of the molecule is O=C(O)c1ccc([N+](=O)[O-])cc1Cl.O=C(O)c1ccc([N+](=O)[O-])cc1Cl.[Ni]. The normalized spacial score (nSPS) is 9.26. The topological polar surface area (TPSA) is 161 Å². The summed E-state index contributed by atoms with van der Waals surface area (Å²) in [7, 11) is 0. The number of benzene rings is 2. The molecule has 13 heteroatoms. The Balaban J connectivity index is 0.000000483. The van der Waals surface area contributed by atoms with Crippen molar-refractivity contribution in [3.63, 3.8) is 0 Å². The number of carboxylic acid groups (broad SMARTS) is 2. The largest absolute Gasteiger partial charge is 0.478 e. The molecule has 0 unspecified atom stereocenters. The second-order valence-corrected chi connectivity index (χ2v) is 5.27. The van der Waals surface area contributed by atoms with Gasteiger partial charge in [0.1, 0.15) is 0 Å². The zero-order chi connectivity index (χ0) is 20.0. The van der Waals surface area contributed by atoms with Crippen LogP contribution in [-0.2, 0) is 16.5 Å². The van der Waals surface area contributed by atoms with Crippen molar-refractivity contribution in [2.75, 3.05) is 0 Å². The van der Waals surface area contributed by atoms with E-state index >= 15 is 0 Å². The summed E-state index contributed by atoms with van der Waals surface area (Å²) in [6.45, 7) is 0. The average Bonchev–Trinajstić information content (AvgIpc) is 2.54. The van der Waals surface area contributed by atoms with Gasteiger partial charge in [0, 0.05) is 40.8 Å². The van der Waals surface area contributed by atoms with Crippen LogP contribution < -0.4 is 0 Å². The summed E-state index contributed by atoms with van der Waals surface area (Å²) in [6.07, 6.45) is 0. The molecule has 146 valence electrons. The minimum atomic E-state index is -1.21. The standard InChI is InChI=1S/2C7H4ClNO4.Ni/c2*8-6-3-4(9(12)13)1-2-5(6)7(10)11;/h2*1-3H,(H,10,11);. The van der Waals surface area contributed by atoms with Crippen molar-refractivity contribution in [3.05, 3.63) is 77.8 Å². The van der Waals surface area contributed by atoms with Gasteiger partial charge in [-0.1, -0.05) is 23.2 Å². The smallest absolute Gasteiger partial charge is 0.337 e. The van der Waals surface area contributed by atoms with Crippen molar-refractivity contribution in [1.82, 2.24) is 0 Å². The molecule has 0 heterocycles. The second kappa shape index (κ2) is 10.4. The van der Waals surface area contributed by atoms with E-state index in [1.807, 2.05) is 0 Å². The van der Waals surface area contributed by atoms with E-state index in [-0.39, 0.29) is 49.0 Å². The molecule has 0 aliphatic rings. The Morgan fingerprint density at radius 2 is 1.07 bits per heavy atom. The summed E-state index contributed by atoms with van der Waals surface area (Å²) >= 11 is 11.0. The van der Waals surface area contributed by atoms with E-state index in [1.54, 1.807) is 0 Å². The molecule has 0 spiro atoms. The molecule has 0 radical (unpaired) electrons. The quantitative estimate of drug-likeness (QED) is 0.393. The third kappa shape index (κ3) is 6.82. The molecule has 0 aliphatic carbocycles. The predicted molar refractivity (Wildman–Crippen MR) is 90.1 cm³/mol. The first kappa shape index (κ1) is 24.3. The van der Waals surface area contributed by atoms with Crippen LogP contribution in [0.2, 0.25) is 10.0 Å². The van der Waals surface area contributed by atoms with Gasteiger partial charge in [-0.2, -0.15) is 0 Å². The zero-order valence-electron chi connectivity index (χ0n) is 12.8. The number of nitro groups is 2. The van der Waals surface area contributed by atoms with E-state index in [0.717, 1.165) is 36.4 Å². The molecule has 0 saturated carbocycles. The third-order valence-electron chi connectivity index (χ3n) is 2.79. The summed E-state index contributed by atoms with van der Waals surface area (Å²) < 4.78 is 0. The van der Waals surface area contributed by atoms with Crippen LogP contribution in [0.4, 0.5) is 11.4 Å². The van der Waals surface area contributed by atoms with Crippen LogP contribution in [0.1, 0.15) is 20.7 Å². The Hall–Kier alpha value is -2.75. The number of rotatable bonds is 4. The zero-order valence-corrected chi connectivity index (χ0v) is 15.3. The van der Waals surface area contributed by atoms with Gasteiger partial charge in [-0.15, -0.1) is 0 Å². The molecule has 0 saturated heterocycles. The number of aromatic carboxylic acids is 2. The molecule has 10 nitrogen and oxygen atoms in total. The van der Waals surface area contributed by atoms with Crippen molar-refractivity contribution in [1.29, 1.82) is 0 Å². The minimum Gasteiger partial charge on any atom is -0.478 e. The number of nitrogens with zero attached hydrogens (tertiary/aromatic N) is 2. The summed E-state index contributed by atoms with van der Waals surface area (Å²) in [5.41, 5.74) is -0.746. The molecule has 27 heavy (non-hydrogen) atoms. The van der Waals surface area contributed by atoms with Crippen molar-refractivity contribution in [2.24, 2.45) is 0 Å². The third-order valence-corrected chi connectivity index (χ3v) is 3.41. The fourth-order valence-corrected chi connectivity index (χ4v) is 2.09. The van der Waals surface area contributed by atoms with Crippen molar-refractivity contribution in [3.8, 4) is 0 Å². The van der Waals surface area contributed by atoms with Gasteiger partial charge in [0.05, 0.1) is 31.0 Å². The summed E-state index contributed by atoms with van der Waals surface area (Å²) in [6, 6.07) is 6.40. The van der Waals surface area contributed by atoms with Crippen LogP contribution in [0, 0.1) is 20.2 Å². The van der Waals surface area contributed by atoms with Gasteiger partial charge in [-0.25, -0.2) is 9.59 Å². The van der Waals surface area contributed by atoms with E-state index in [4.69, 9.17) is 33.4 Å². The van der Waals surface area contributed by atoms with Gasteiger partial charge in [-0.3, -0.25) is 20.2 Å². The van der Waals surface area contributed by atoms with Gasteiger partial charge >= 0.3 is 11.9 Å². The molecule has 0 bridgehead atoms.